The lowest BCUT2D eigenvalue weighted by Gasteiger charge is -2.31. The van der Waals surface area contributed by atoms with E-state index in [1.807, 2.05) is 12.1 Å². The van der Waals surface area contributed by atoms with E-state index in [4.69, 9.17) is 18.6 Å². The highest BCUT2D eigenvalue weighted by Crippen LogP contribution is 2.63. The van der Waals surface area contributed by atoms with Crippen molar-refractivity contribution in [2.24, 2.45) is 0 Å². The zero-order valence-electron chi connectivity index (χ0n) is 14.7. The topological polar surface area (TPSA) is 135 Å². The van der Waals surface area contributed by atoms with Crippen LogP contribution in [0.15, 0.2) is 54.6 Å². The molecule has 1 saturated heterocycles. The molecule has 0 aliphatic carbocycles. The number of rotatable bonds is 4. The highest BCUT2D eigenvalue weighted by molar-refractivity contribution is 7.82. The molecule has 0 unspecified atom stereocenters. The fourth-order valence-corrected chi connectivity index (χ4v) is 8.05. The van der Waals surface area contributed by atoms with E-state index in [0.717, 1.165) is 6.16 Å². The van der Waals surface area contributed by atoms with Gasteiger partial charge in [0.05, 0.1) is 36.0 Å². The predicted octanol–water partition coefficient (Wildman–Crippen LogP) is -0.134. The zero-order chi connectivity index (χ0) is 19.9. The number of benzene rings is 2. The SMILES string of the molecule is O=[N+]([O-])c1ccc(C[P+]2(c3ccccc3)CCCCC2)cc1.[O-][Cl+3]([O-])([O-])[O-]. The molecule has 0 bridgehead atoms. The molecule has 2 aromatic carbocycles. The first-order valence-corrected chi connectivity index (χ1v) is 12.0. The van der Waals surface area contributed by atoms with Crippen LogP contribution in [0.4, 0.5) is 5.69 Å². The molecule has 0 radical (unpaired) electrons. The van der Waals surface area contributed by atoms with Crippen molar-refractivity contribution in [2.45, 2.75) is 25.4 Å². The van der Waals surface area contributed by atoms with E-state index in [0.29, 0.717) is 0 Å². The fourth-order valence-electron chi connectivity index (χ4n) is 3.44. The zero-order valence-corrected chi connectivity index (χ0v) is 16.3. The van der Waals surface area contributed by atoms with Crippen molar-refractivity contribution in [3.8, 4) is 0 Å². The van der Waals surface area contributed by atoms with Gasteiger partial charge in [0.15, 0.2) is 0 Å². The maximum Gasteiger partial charge on any atom is 0.269 e. The van der Waals surface area contributed by atoms with Gasteiger partial charge in [0.2, 0.25) is 0 Å². The van der Waals surface area contributed by atoms with Gasteiger partial charge in [0.1, 0.15) is 0 Å². The van der Waals surface area contributed by atoms with Crippen LogP contribution in [-0.4, -0.2) is 17.2 Å². The number of halogens is 1. The minimum atomic E-state index is -4.94. The van der Waals surface area contributed by atoms with Crippen LogP contribution in [0.1, 0.15) is 24.8 Å². The molecule has 0 atom stereocenters. The molecule has 146 valence electrons. The third-order valence-corrected chi connectivity index (χ3v) is 9.32. The van der Waals surface area contributed by atoms with Crippen LogP contribution in [-0.2, 0) is 6.16 Å². The number of nitro benzene ring substituents is 1. The maximum atomic E-state index is 10.8. The Kier molecular flexibility index (Phi) is 7.68. The van der Waals surface area contributed by atoms with E-state index >= 15 is 0 Å². The van der Waals surface area contributed by atoms with Crippen LogP contribution in [0.25, 0.3) is 0 Å². The number of nitro groups is 1. The van der Waals surface area contributed by atoms with Crippen molar-refractivity contribution >= 4 is 18.3 Å². The van der Waals surface area contributed by atoms with Gasteiger partial charge in [-0.25, -0.2) is 18.6 Å². The lowest BCUT2D eigenvalue weighted by molar-refractivity contribution is -2.00. The Balaban J connectivity index is 0.000000465. The molecular formula is C18H21ClNO6P. The number of hydrogen-bond acceptors (Lipinski definition) is 6. The lowest BCUT2D eigenvalue weighted by atomic mass is 10.2. The first kappa shape index (κ1) is 21.7. The second-order valence-corrected chi connectivity index (χ2v) is 11.2. The van der Waals surface area contributed by atoms with Crippen LogP contribution >= 0.6 is 7.26 Å². The predicted molar refractivity (Wildman–Crippen MR) is 93.4 cm³/mol. The fraction of sp³-hybridized carbons (Fsp3) is 0.333. The van der Waals surface area contributed by atoms with E-state index in [1.54, 1.807) is 12.1 Å². The van der Waals surface area contributed by atoms with Crippen molar-refractivity contribution < 1.29 is 33.8 Å². The van der Waals surface area contributed by atoms with E-state index in [1.165, 1.54) is 42.5 Å². The highest BCUT2D eigenvalue weighted by atomic mass is 35.7. The van der Waals surface area contributed by atoms with E-state index in [2.05, 4.69) is 30.3 Å². The molecule has 0 amide bonds. The molecule has 9 heteroatoms. The third kappa shape index (κ3) is 7.14. The molecule has 0 saturated carbocycles. The largest absolute Gasteiger partial charge is 0.269 e. The maximum absolute atomic E-state index is 10.8. The average molecular weight is 414 g/mol. The van der Waals surface area contributed by atoms with Crippen LogP contribution in [0.2, 0.25) is 0 Å². The Morgan fingerprint density at radius 3 is 1.85 bits per heavy atom. The van der Waals surface area contributed by atoms with Gasteiger partial charge in [-0.2, -0.15) is 0 Å². The first-order valence-electron chi connectivity index (χ1n) is 8.46. The van der Waals surface area contributed by atoms with Crippen LogP contribution < -0.4 is 23.9 Å². The van der Waals surface area contributed by atoms with Crippen molar-refractivity contribution in [1.82, 2.24) is 0 Å². The summed E-state index contributed by atoms with van der Waals surface area (Å²) >= 11 is 0. The Hall–Kier alpha value is -1.60. The molecular weight excluding hydrogens is 393 g/mol. The molecule has 0 aromatic heterocycles. The quantitative estimate of drug-likeness (QED) is 0.389. The monoisotopic (exact) mass is 413 g/mol. The number of nitrogens with zero attached hydrogens (tertiary/aromatic N) is 1. The van der Waals surface area contributed by atoms with Crippen molar-refractivity contribution in [3.63, 3.8) is 0 Å². The van der Waals surface area contributed by atoms with E-state index in [-0.39, 0.29) is 10.6 Å². The number of non-ortho nitro benzene ring substituents is 1. The van der Waals surface area contributed by atoms with Crippen LogP contribution in [0.5, 0.6) is 0 Å². The molecule has 1 aliphatic heterocycles. The van der Waals surface area contributed by atoms with Gasteiger partial charge in [-0.05, 0) is 49.1 Å². The summed E-state index contributed by atoms with van der Waals surface area (Å²) in [5.74, 6) is 0. The van der Waals surface area contributed by atoms with Crippen molar-refractivity contribution in [1.29, 1.82) is 0 Å². The minimum absolute atomic E-state index is 0.180. The molecule has 3 rings (SSSR count). The van der Waals surface area contributed by atoms with E-state index in [9.17, 15) is 10.1 Å². The summed E-state index contributed by atoms with van der Waals surface area (Å²) in [4.78, 5) is 10.5. The molecule has 1 heterocycles. The summed E-state index contributed by atoms with van der Waals surface area (Å²) in [6.45, 7) is 0. The molecule has 1 fully saturated rings. The normalized spacial score (nSPS) is 16.1. The van der Waals surface area contributed by atoms with Gasteiger partial charge in [-0.3, -0.25) is 10.1 Å². The first-order chi connectivity index (χ1) is 12.7. The third-order valence-electron chi connectivity index (χ3n) is 4.61. The van der Waals surface area contributed by atoms with Gasteiger partial charge >= 0.3 is 0 Å². The Morgan fingerprint density at radius 2 is 1.37 bits per heavy atom. The summed E-state index contributed by atoms with van der Waals surface area (Å²) in [5.41, 5.74) is 1.42. The molecule has 7 nitrogen and oxygen atoms in total. The summed E-state index contributed by atoms with van der Waals surface area (Å²) < 4.78 is 34.0. The van der Waals surface area contributed by atoms with E-state index < -0.39 is 17.5 Å². The summed E-state index contributed by atoms with van der Waals surface area (Å²) in [5, 5.41) is 12.3. The lowest BCUT2D eigenvalue weighted by Crippen LogP contribution is -2.68. The van der Waals surface area contributed by atoms with Gasteiger partial charge in [-0.15, -0.1) is 10.2 Å². The van der Waals surface area contributed by atoms with Gasteiger partial charge < -0.3 is 0 Å². The molecule has 1 aliphatic rings. The highest BCUT2D eigenvalue weighted by Gasteiger charge is 2.41. The van der Waals surface area contributed by atoms with Crippen molar-refractivity contribution in [2.75, 3.05) is 12.3 Å². The summed E-state index contributed by atoms with van der Waals surface area (Å²) in [6, 6.07) is 18.1. The minimum Gasteiger partial charge on any atom is -0.258 e. The van der Waals surface area contributed by atoms with Crippen LogP contribution in [0.3, 0.4) is 0 Å². The number of hydrogen-bond donors (Lipinski definition) is 0. The second kappa shape index (κ2) is 9.55. The van der Waals surface area contributed by atoms with Crippen LogP contribution in [0, 0.1) is 20.4 Å². The van der Waals surface area contributed by atoms with Gasteiger partial charge in [-0.1, -0.05) is 18.2 Å². The second-order valence-electron chi connectivity index (χ2n) is 6.45. The average Bonchev–Trinajstić information content (AvgIpc) is 2.62. The van der Waals surface area contributed by atoms with Crippen molar-refractivity contribution in [3.05, 3.63) is 70.3 Å². The standard InChI is InChI=1S/C18H21NO2P.ClHO4/c20-19(21)17-11-9-16(10-12-17)15-22(13-5-2-6-14-22)18-7-3-1-4-8-18;2-1(3,4)5/h1,3-4,7-12H,2,5-6,13-15H2;(H,2,3,4,5)/q+1;/p-1. The molecule has 0 spiro atoms. The molecule has 27 heavy (non-hydrogen) atoms. The van der Waals surface area contributed by atoms with Gasteiger partial charge in [0, 0.05) is 12.1 Å². The summed E-state index contributed by atoms with van der Waals surface area (Å²) in [7, 11) is -6.12. The Bertz CT molecular complexity index is 724. The smallest absolute Gasteiger partial charge is 0.258 e. The Labute approximate surface area is 160 Å². The molecule has 0 N–H and O–H groups in total. The Morgan fingerprint density at radius 1 is 0.852 bits per heavy atom. The molecule has 2 aromatic rings. The summed E-state index contributed by atoms with van der Waals surface area (Å²) in [6.07, 6.45) is 7.68. The van der Waals surface area contributed by atoms with Gasteiger partial charge in [0.25, 0.3) is 5.69 Å².